The Labute approximate surface area is 138 Å². The molecule has 1 heterocycles. The Morgan fingerprint density at radius 1 is 1.32 bits per heavy atom. The monoisotopic (exact) mass is 365 g/mol. The van der Waals surface area contributed by atoms with Crippen molar-refractivity contribution in [1.82, 2.24) is 15.6 Å². The second kappa shape index (κ2) is 8.70. The van der Waals surface area contributed by atoms with Crippen molar-refractivity contribution in [3.8, 4) is 11.3 Å². The number of halogens is 1. The Kier molecular flexibility index (Phi) is 6.61. The van der Waals surface area contributed by atoms with Crippen LogP contribution in [0.3, 0.4) is 0 Å². The van der Waals surface area contributed by atoms with E-state index in [1.807, 2.05) is 31.3 Å². The highest BCUT2D eigenvalue weighted by molar-refractivity contribution is 9.10. The molecule has 1 amide bonds. The van der Waals surface area contributed by atoms with Gasteiger partial charge < -0.3 is 15.1 Å². The van der Waals surface area contributed by atoms with Gasteiger partial charge in [0, 0.05) is 29.4 Å². The lowest BCUT2D eigenvalue weighted by Gasteiger charge is -2.03. The summed E-state index contributed by atoms with van der Waals surface area (Å²) in [5.41, 5.74) is 0.956. The van der Waals surface area contributed by atoms with Crippen LogP contribution in [0, 0.1) is 0 Å². The average Bonchev–Trinajstić information content (AvgIpc) is 2.99. The normalized spacial score (nSPS) is 10.6. The minimum atomic E-state index is 0.0248. The molecule has 1 aromatic carbocycles. The first-order valence-corrected chi connectivity index (χ1v) is 8.11. The molecule has 0 aliphatic heterocycles. The third kappa shape index (κ3) is 4.96. The number of aromatic nitrogens is 1. The summed E-state index contributed by atoms with van der Waals surface area (Å²) in [4.78, 5) is 15.9. The van der Waals surface area contributed by atoms with Gasteiger partial charge in [-0.3, -0.25) is 4.79 Å². The fourth-order valence-corrected chi connectivity index (χ4v) is 2.49. The standard InChI is InChI=1S/C16H20BrN3O2/c1-18-9-4-10-19-15(21)7-8-16-20-11-14(22-16)12-5-2-3-6-13(12)17/h2-3,5-6,11,18H,4,7-10H2,1H3,(H,19,21). The second-order valence-corrected chi connectivity index (χ2v) is 5.76. The summed E-state index contributed by atoms with van der Waals surface area (Å²) in [6.07, 6.45) is 3.51. The molecule has 0 saturated heterocycles. The molecule has 5 nitrogen and oxygen atoms in total. The number of carbonyl (C=O) groups excluding carboxylic acids is 1. The molecule has 0 aliphatic carbocycles. The highest BCUT2D eigenvalue weighted by Crippen LogP contribution is 2.28. The summed E-state index contributed by atoms with van der Waals surface area (Å²) in [6, 6.07) is 7.81. The van der Waals surface area contributed by atoms with Gasteiger partial charge in [0.1, 0.15) is 0 Å². The number of amides is 1. The van der Waals surface area contributed by atoms with E-state index in [0.717, 1.165) is 23.0 Å². The van der Waals surface area contributed by atoms with E-state index in [1.165, 1.54) is 0 Å². The van der Waals surface area contributed by atoms with Crippen LogP contribution >= 0.6 is 15.9 Å². The van der Waals surface area contributed by atoms with Crippen molar-refractivity contribution in [3.63, 3.8) is 0 Å². The van der Waals surface area contributed by atoms with Gasteiger partial charge >= 0.3 is 0 Å². The molecule has 0 aliphatic rings. The van der Waals surface area contributed by atoms with E-state index >= 15 is 0 Å². The zero-order valence-corrected chi connectivity index (χ0v) is 14.1. The molecule has 0 saturated carbocycles. The molecule has 0 unspecified atom stereocenters. The number of benzene rings is 1. The number of rotatable bonds is 8. The predicted molar refractivity (Wildman–Crippen MR) is 89.5 cm³/mol. The van der Waals surface area contributed by atoms with Crippen LogP contribution < -0.4 is 10.6 Å². The van der Waals surface area contributed by atoms with Crippen molar-refractivity contribution in [2.45, 2.75) is 19.3 Å². The summed E-state index contributed by atoms with van der Waals surface area (Å²) in [7, 11) is 1.90. The molecule has 0 fully saturated rings. The number of carbonyl (C=O) groups is 1. The third-order valence-corrected chi connectivity index (χ3v) is 3.88. The van der Waals surface area contributed by atoms with Gasteiger partial charge in [0.05, 0.1) is 6.20 Å². The Balaban J connectivity index is 1.83. The fourth-order valence-electron chi connectivity index (χ4n) is 2.01. The smallest absolute Gasteiger partial charge is 0.220 e. The maximum Gasteiger partial charge on any atom is 0.220 e. The Morgan fingerprint density at radius 2 is 2.14 bits per heavy atom. The molecule has 0 atom stereocenters. The van der Waals surface area contributed by atoms with Crippen LogP contribution in [0.2, 0.25) is 0 Å². The van der Waals surface area contributed by atoms with E-state index < -0.39 is 0 Å². The highest BCUT2D eigenvalue weighted by Gasteiger charge is 2.10. The molecule has 2 N–H and O–H groups in total. The first-order valence-electron chi connectivity index (χ1n) is 7.31. The summed E-state index contributed by atoms with van der Waals surface area (Å²) in [5, 5.41) is 5.92. The second-order valence-electron chi connectivity index (χ2n) is 4.91. The van der Waals surface area contributed by atoms with E-state index in [-0.39, 0.29) is 5.91 Å². The van der Waals surface area contributed by atoms with Crippen LogP contribution in [0.25, 0.3) is 11.3 Å². The number of nitrogens with zero attached hydrogens (tertiary/aromatic N) is 1. The first-order chi connectivity index (χ1) is 10.7. The Morgan fingerprint density at radius 3 is 2.91 bits per heavy atom. The molecule has 22 heavy (non-hydrogen) atoms. The zero-order chi connectivity index (χ0) is 15.8. The van der Waals surface area contributed by atoms with Gasteiger partial charge in [-0.2, -0.15) is 0 Å². The van der Waals surface area contributed by atoms with E-state index in [4.69, 9.17) is 4.42 Å². The van der Waals surface area contributed by atoms with E-state index in [1.54, 1.807) is 6.20 Å². The highest BCUT2D eigenvalue weighted by atomic mass is 79.9. The molecular formula is C16H20BrN3O2. The van der Waals surface area contributed by atoms with Crippen LogP contribution in [0.1, 0.15) is 18.7 Å². The van der Waals surface area contributed by atoms with Crippen molar-refractivity contribution < 1.29 is 9.21 Å². The summed E-state index contributed by atoms with van der Waals surface area (Å²) in [5.74, 6) is 1.31. The molecule has 6 heteroatoms. The minimum absolute atomic E-state index is 0.0248. The molecule has 2 aromatic rings. The number of aryl methyl sites for hydroxylation is 1. The molecular weight excluding hydrogens is 346 g/mol. The third-order valence-electron chi connectivity index (χ3n) is 3.18. The number of hydrogen-bond donors (Lipinski definition) is 2. The van der Waals surface area contributed by atoms with Crippen LogP contribution in [0.4, 0.5) is 0 Å². The van der Waals surface area contributed by atoms with Crippen LogP contribution in [0.15, 0.2) is 39.4 Å². The van der Waals surface area contributed by atoms with E-state index in [2.05, 4.69) is 31.5 Å². The van der Waals surface area contributed by atoms with Crippen molar-refractivity contribution >= 4 is 21.8 Å². The van der Waals surface area contributed by atoms with E-state index in [0.29, 0.717) is 31.0 Å². The van der Waals surface area contributed by atoms with Crippen molar-refractivity contribution in [2.24, 2.45) is 0 Å². The Bertz CT molecular complexity index is 613. The molecule has 2 rings (SSSR count). The maximum atomic E-state index is 11.7. The lowest BCUT2D eigenvalue weighted by atomic mass is 10.2. The van der Waals surface area contributed by atoms with Crippen molar-refractivity contribution in [1.29, 1.82) is 0 Å². The first kappa shape index (κ1) is 16.7. The molecule has 0 bridgehead atoms. The predicted octanol–water partition coefficient (Wildman–Crippen LogP) is 2.76. The minimum Gasteiger partial charge on any atom is -0.441 e. The lowest BCUT2D eigenvalue weighted by molar-refractivity contribution is -0.121. The molecule has 0 spiro atoms. The zero-order valence-electron chi connectivity index (χ0n) is 12.6. The summed E-state index contributed by atoms with van der Waals surface area (Å²) in [6.45, 7) is 1.59. The average molecular weight is 366 g/mol. The van der Waals surface area contributed by atoms with Gasteiger partial charge in [0.2, 0.25) is 5.91 Å². The number of oxazole rings is 1. The van der Waals surface area contributed by atoms with Gasteiger partial charge in [-0.15, -0.1) is 0 Å². The van der Waals surface area contributed by atoms with Crippen molar-refractivity contribution in [2.75, 3.05) is 20.1 Å². The van der Waals surface area contributed by atoms with Gasteiger partial charge in [0.15, 0.2) is 11.7 Å². The van der Waals surface area contributed by atoms with Gasteiger partial charge in [-0.1, -0.05) is 34.1 Å². The quantitative estimate of drug-likeness (QED) is 0.705. The summed E-state index contributed by atoms with van der Waals surface area (Å²) >= 11 is 3.49. The maximum absolute atomic E-state index is 11.7. The van der Waals surface area contributed by atoms with Gasteiger partial charge in [-0.25, -0.2) is 4.98 Å². The van der Waals surface area contributed by atoms with Crippen molar-refractivity contribution in [3.05, 3.63) is 40.8 Å². The van der Waals surface area contributed by atoms with Gasteiger partial charge in [0.25, 0.3) is 0 Å². The SMILES string of the molecule is CNCCCNC(=O)CCc1ncc(-c2ccccc2Br)o1. The van der Waals surface area contributed by atoms with Crippen LogP contribution in [-0.2, 0) is 11.2 Å². The summed E-state index contributed by atoms with van der Waals surface area (Å²) < 4.78 is 6.67. The molecule has 118 valence electrons. The molecule has 0 radical (unpaired) electrons. The number of nitrogens with one attached hydrogen (secondary N) is 2. The van der Waals surface area contributed by atoms with Crippen LogP contribution in [-0.4, -0.2) is 31.0 Å². The fraction of sp³-hybridized carbons (Fsp3) is 0.375. The number of hydrogen-bond acceptors (Lipinski definition) is 4. The van der Waals surface area contributed by atoms with Crippen LogP contribution in [0.5, 0.6) is 0 Å². The van der Waals surface area contributed by atoms with E-state index in [9.17, 15) is 4.79 Å². The largest absolute Gasteiger partial charge is 0.441 e. The lowest BCUT2D eigenvalue weighted by Crippen LogP contribution is -2.26. The van der Waals surface area contributed by atoms with Gasteiger partial charge in [-0.05, 0) is 26.1 Å². The molecule has 1 aromatic heterocycles. The Hall–Kier alpha value is -1.66. The topological polar surface area (TPSA) is 67.2 Å².